The van der Waals surface area contributed by atoms with Crippen LogP contribution in [0.15, 0.2) is 29.6 Å². The summed E-state index contributed by atoms with van der Waals surface area (Å²) in [5, 5.41) is 3.35. The van der Waals surface area contributed by atoms with Gasteiger partial charge in [0.15, 0.2) is 0 Å². The summed E-state index contributed by atoms with van der Waals surface area (Å²) in [5.74, 6) is 1.03. The van der Waals surface area contributed by atoms with Gasteiger partial charge in [-0.15, -0.1) is 11.3 Å². The summed E-state index contributed by atoms with van der Waals surface area (Å²) in [6.07, 6.45) is 2.31. The molecule has 0 atom stereocenters. The SMILES string of the molecule is CCCCOc1cccc2sccc12. The molecular formula is C12H14OS. The van der Waals surface area contributed by atoms with Crippen LogP contribution in [0.4, 0.5) is 0 Å². The maximum Gasteiger partial charge on any atom is 0.127 e. The van der Waals surface area contributed by atoms with E-state index in [9.17, 15) is 0 Å². The summed E-state index contributed by atoms with van der Waals surface area (Å²) in [6.45, 7) is 3.00. The average Bonchev–Trinajstić information content (AvgIpc) is 2.67. The van der Waals surface area contributed by atoms with Gasteiger partial charge in [-0.25, -0.2) is 0 Å². The number of ether oxygens (including phenoxy) is 1. The number of hydrogen-bond donors (Lipinski definition) is 0. The van der Waals surface area contributed by atoms with Gasteiger partial charge < -0.3 is 4.74 Å². The molecule has 0 aliphatic heterocycles. The Balaban J connectivity index is 2.19. The Morgan fingerprint density at radius 3 is 3.07 bits per heavy atom. The van der Waals surface area contributed by atoms with Gasteiger partial charge in [0, 0.05) is 10.1 Å². The molecule has 1 nitrogen and oxygen atoms in total. The number of benzene rings is 1. The Kier molecular flexibility index (Phi) is 3.04. The number of fused-ring (bicyclic) bond motifs is 1. The molecule has 2 heteroatoms. The minimum absolute atomic E-state index is 0.825. The summed E-state index contributed by atoms with van der Waals surface area (Å²) in [5.41, 5.74) is 0. The van der Waals surface area contributed by atoms with Gasteiger partial charge in [0.2, 0.25) is 0 Å². The van der Waals surface area contributed by atoms with Crippen LogP contribution in [0.2, 0.25) is 0 Å². The van der Waals surface area contributed by atoms with Crippen LogP contribution in [0.25, 0.3) is 10.1 Å². The lowest BCUT2D eigenvalue weighted by atomic mass is 10.2. The summed E-state index contributed by atoms with van der Waals surface area (Å²) in [4.78, 5) is 0. The first-order valence-electron chi connectivity index (χ1n) is 5.01. The second-order valence-electron chi connectivity index (χ2n) is 3.29. The molecule has 1 aromatic carbocycles. The fourth-order valence-corrected chi connectivity index (χ4v) is 2.22. The highest BCUT2D eigenvalue weighted by Crippen LogP contribution is 2.29. The first-order chi connectivity index (χ1) is 6.92. The van der Waals surface area contributed by atoms with Crippen LogP contribution in [0.3, 0.4) is 0 Å². The lowest BCUT2D eigenvalue weighted by Gasteiger charge is -2.05. The molecule has 1 heterocycles. The van der Waals surface area contributed by atoms with Crippen molar-refractivity contribution in [3.05, 3.63) is 29.6 Å². The van der Waals surface area contributed by atoms with Crippen molar-refractivity contribution in [3.8, 4) is 5.75 Å². The Hall–Kier alpha value is -1.02. The van der Waals surface area contributed by atoms with E-state index in [4.69, 9.17) is 4.74 Å². The van der Waals surface area contributed by atoms with E-state index in [0.717, 1.165) is 18.8 Å². The van der Waals surface area contributed by atoms with Crippen molar-refractivity contribution >= 4 is 21.4 Å². The zero-order valence-corrected chi connectivity index (χ0v) is 9.14. The van der Waals surface area contributed by atoms with Crippen LogP contribution in [-0.4, -0.2) is 6.61 Å². The molecule has 0 N–H and O–H groups in total. The molecule has 14 heavy (non-hydrogen) atoms. The van der Waals surface area contributed by atoms with E-state index in [0.29, 0.717) is 0 Å². The first-order valence-corrected chi connectivity index (χ1v) is 5.89. The first kappa shape index (κ1) is 9.53. The van der Waals surface area contributed by atoms with E-state index in [1.54, 1.807) is 11.3 Å². The normalized spacial score (nSPS) is 10.6. The number of rotatable bonds is 4. The minimum atomic E-state index is 0.825. The van der Waals surface area contributed by atoms with E-state index in [2.05, 4.69) is 30.5 Å². The second kappa shape index (κ2) is 4.47. The lowest BCUT2D eigenvalue weighted by Crippen LogP contribution is -1.96. The summed E-state index contributed by atoms with van der Waals surface area (Å²) in [7, 11) is 0. The molecular weight excluding hydrogens is 192 g/mol. The van der Waals surface area contributed by atoms with Crippen molar-refractivity contribution in [2.24, 2.45) is 0 Å². The van der Waals surface area contributed by atoms with Crippen LogP contribution in [0.5, 0.6) is 5.75 Å². The fourth-order valence-electron chi connectivity index (χ4n) is 1.42. The Morgan fingerprint density at radius 2 is 2.21 bits per heavy atom. The third-order valence-electron chi connectivity index (χ3n) is 2.21. The molecule has 0 saturated heterocycles. The van der Waals surface area contributed by atoms with Crippen LogP contribution in [0, 0.1) is 0 Å². The van der Waals surface area contributed by atoms with Crippen molar-refractivity contribution in [2.75, 3.05) is 6.61 Å². The summed E-state index contributed by atoms with van der Waals surface area (Å²) < 4.78 is 7.03. The quantitative estimate of drug-likeness (QED) is 0.685. The Bertz CT molecular complexity index is 405. The van der Waals surface area contributed by atoms with E-state index in [-0.39, 0.29) is 0 Å². The molecule has 0 spiro atoms. The molecule has 0 saturated carbocycles. The maximum atomic E-state index is 5.72. The molecule has 0 aliphatic carbocycles. The van der Waals surface area contributed by atoms with Crippen LogP contribution < -0.4 is 4.74 Å². The van der Waals surface area contributed by atoms with Gasteiger partial charge >= 0.3 is 0 Å². The Morgan fingerprint density at radius 1 is 1.29 bits per heavy atom. The number of unbranched alkanes of at least 4 members (excludes halogenated alkanes) is 1. The molecule has 0 bridgehead atoms. The predicted molar refractivity (Wildman–Crippen MR) is 62.2 cm³/mol. The topological polar surface area (TPSA) is 9.23 Å². The molecule has 0 amide bonds. The van der Waals surface area contributed by atoms with Gasteiger partial charge in [-0.3, -0.25) is 0 Å². The lowest BCUT2D eigenvalue weighted by molar-refractivity contribution is 0.313. The van der Waals surface area contributed by atoms with E-state index in [1.165, 1.54) is 16.5 Å². The molecule has 2 aromatic rings. The van der Waals surface area contributed by atoms with Gasteiger partial charge in [0.05, 0.1) is 6.61 Å². The molecule has 0 fully saturated rings. The highest BCUT2D eigenvalue weighted by atomic mass is 32.1. The third-order valence-corrected chi connectivity index (χ3v) is 3.09. The number of thiophene rings is 1. The van der Waals surface area contributed by atoms with E-state index < -0.39 is 0 Å². The molecule has 0 aliphatic rings. The number of hydrogen-bond acceptors (Lipinski definition) is 2. The van der Waals surface area contributed by atoms with Crippen LogP contribution in [-0.2, 0) is 0 Å². The standard InChI is InChI=1S/C12H14OS/c1-2-3-8-13-11-5-4-6-12-10(11)7-9-14-12/h4-7,9H,2-3,8H2,1H3. The zero-order chi connectivity index (χ0) is 9.80. The zero-order valence-electron chi connectivity index (χ0n) is 8.32. The van der Waals surface area contributed by atoms with Gasteiger partial charge in [-0.2, -0.15) is 0 Å². The average molecular weight is 206 g/mol. The monoisotopic (exact) mass is 206 g/mol. The smallest absolute Gasteiger partial charge is 0.127 e. The van der Waals surface area contributed by atoms with Gasteiger partial charge in [0.1, 0.15) is 5.75 Å². The molecule has 1 aromatic heterocycles. The molecule has 2 rings (SSSR count). The van der Waals surface area contributed by atoms with Crippen LogP contribution >= 0.6 is 11.3 Å². The highest BCUT2D eigenvalue weighted by Gasteiger charge is 2.01. The minimum Gasteiger partial charge on any atom is -0.493 e. The predicted octanol–water partition coefficient (Wildman–Crippen LogP) is 4.08. The van der Waals surface area contributed by atoms with Gasteiger partial charge in [0.25, 0.3) is 0 Å². The van der Waals surface area contributed by atoms with Crippen molar-refractivity contribution < 1.29 is 4.74 Å². The van der Waals surface area contributed by atoms with Crippen LogP contribution in [0.1, 0.15) is 19.8 Å². The molecule has 74 valence electrons. The van der Waals surface area contributed by atoms with E-state index in [1.807, 2.05) is 6.07 Å². The fraction of sp³-hybridized carbons (Fsp3) is 0.333. The van der Waals surface area contributed by atoms with Crippen molar-refractivity contribution in [2.45, 2.75) is 19.8 Å². The summed E-state index contributed by atoms with van der Waals surface area (Å²) >= 11 is 1.76. The molecule has 0 radical (unpaired) electrons. The largest absolute Gasteiger partial charge is 0.493 e. The van der Waals surface area contributed by atoms with Gasteiger partial charge in [-0.05, 0) is 30.0 Å². The summed E-state index contributed by atoms with van der Waals surface area (Å²) in [6, 6.07) is 8.36. The van der Waals surface area contributed by atoms with Crippen molar-refractivity contribution in [1.82, 2.24) is 0 Å². The van der Waals surface area contributed by atoms with E-state index >= 15 is 0 Å². The van der Waals surface area contributed by atoms with Crippen molar-refractivity contribution in [3.63, 3.8) is 0 Å². The molecule has 0 unspecified atom stereocenters. The van der Waals surface area contributed by atoms with Gasteiger partial charge in [-0.1, -0.05) is 19.4 Å². The Labute approximate surface area is 88.3 Å². The third kappa shape index (κ3) is 1.90. The highest BCUT2D eigenvalue weighted by molar-refractivity contribution is 7.17. The maximum absolute atomic E-state index is 5.72. The second-order valence-corrected chi connectivity index (χ2v) is 4.24. The van der Waals surface area contributed by atoms with Crippen molar-refractivity contribution in [1.29, 1.82) is 0 Å².